The van der Waals surface area contributed by atoms with Crippen LogP contribution in [0, 0.1) is 0 Å². The molecule has 1 rings (SSSR count). The summed E-state index contributed by atoms with van der Waals surface area (Å²) in [5, 5.41) is 3.05. The standard InChI is InChI=1S/C10H13NO/c1-3-12-8-9-4-6-10(11-2)7-5-9/h3-7,11H,1,8H2,2H3. The molecule has 2 heteroatoms. The molecule has 0 unspecified atom stereocenters. The van der Waals surface area contributed by atoms with Crippen LogP contribution in [-0.4, -0.2) is 7.05 Å². The lowest BCUT2D eigenvalue weighted by Gasteiger charge is -2.02. The van der Waals surface area contributed by atoms with E-state index < -0.39 is 0 Å². The summed E-state index contributed by atoms with van der Waals surface area (Å²) in [6.07, 6.45) is 1.45. The number of ether oxygens (including phenoxy) is 1. The summed E-state index contributed by atoms with van der Waals surface area (Å²) < 4.78 is 5.04. The number of hydrogen-bond acceptors (Lipinski definition) is 2. The number of rotatable bonds is 4. The zero-order valence-electron chi connectivity index (χ0n) is 7.21. The molecule has 12 heavy (non-hydrogen) atoms. The van der Waals surface area contributed by atoms with Crippen molar-refractivity contribution in [3.63, 3.8) is 0 Å². The molecule has 0 saturated heterocycles. The van der Waals surface area contributed by atoms with Gasteiger partial charge < -0.3 is 10.1 Å². The Morgan fingerprint density at radius 1 is 1.42 bits per heavy atom. The predicted octanol–water partition coefficient (Wildman–Crippen LogP) is 2.39. The molecule has 0 aliphatic rings. The van der Waals surface area contributed by atoms with Gasteiger partial charge in [0.15, 0.2) is 0 Å². The molecule has 1 aromatic carbocycles. The van der Waals surface area contributed by atoms with Gasteiger partial charge in [-0.25, -0.2) is 0 Å². The summed E-state index contributed by atoms with van der Waals surface area (Å²) in [4.78, 5) is 0. The minimum Gasteiger partial charge on any atom is -0.497 e. The van der Waals surface area contributed by atoms with Gasteiger partial charge >= 0.3 is 0 Å². The Balaban J connectivity index is 2.58. The van der Waals surface area contributed by atoms with Gasteiger partial charge in [-0.2, -0.15) is 0 Å². The number of nitrogens with one attached hydrogen (secondary N) is 1. The molecule has 0 atom stereocenters. The van der Waals surface area contributed by atoms with Crippen molar-refractivity contribution in [1.29, 1.82) is 0 Å². The third-order valence-corrected chi connectivity index (χ3v) is 1.61. The lowest BCUT2D eigenvalue weighted by atomic mass is 10.2. The molecule has 2 nitrogen and oxygen atoms in total. The van der Waals surface area contributed by atoms with Gasteiger partial charge in [-0.3, -0.25) is 0 Å². The van der Waals surface area contributed by atoms with E-state index in [0.29, 0.717) is 6.61 Å². The SMILES string of the molecule is C=COCc1ccc(NC)cc1. The maximum Gasteiger partial charge on any atom is 0.112 e. The van der Waals surface area contributed by atoms with Gasteiger partial charge in [0, 0.05) is 12.7 Å². The zero-order valence-corrected chi connectivity index (χ0v) is 7.21. The van der Waals surface area contributed by atoms with Crippen molar-refractivity contribution in [3.05, 3.63) is 42.7 Å². The Morgan fingerprint density at radius 2 is 2.08 bits per heavy atom. The number of benzene rings is 1. The van der Waals surface area contributed by atoms with Gasteiger partial charge in [-0.05, 0) is 17.7 Å². The average Bonchev–Trinajstić information content (AvgIpc) is 2.15. The van der Waals surface area contributed by atoms with Gasteiger partial charge in [0.1, 0.15) is 6.61 Å². The predicted molar refractivity (Wildman–Crippen MR) is 51.0 cm³/mol. The highest BCUT2D eigenvalue weighted by molar-refractivity contribution is 5.43. The van der Waals surface area contributed by atoms with E-state index in [1.165, 1.54) is 6.26 Å². The highest BCUT2D eigenvalue weighted by Gasteiger charge is 1.91. The molecular weight excluding hydrogens is 150 g/mol. The maximum absolute atomic E-state index is 5.04. The van der Waals surface area contributed by atoms with Gasteiger partial charge in [0.25, 0.3) is 0 Å². The van der Waals surface area contributed by atoms with Crippen LogP contribution in [0.5, 0.6) is 0 Å². The molecule has 0 heterocycles. The molecule has 0 radical (unpaired) electrons. The van der Waals surface area contributed by atoms with Crippen LogP contribution in [0.3, 0.4) is 0 Å². The van der Waals surface area contributed by atoms with Gasteiger partial charge in [0.05, 0.1) is 6.26 Å². The van der Waals surface area contributed by atoms with Crippen molar-refractivity contribution < 1.29 is 4.74 Å². The van der Waals surface area contributed by atoms with Crippen molar-refractivity contribution in [2.45, 2.75) is 6.61 Å². The van der Waals surface area contributed by atoms with E-state index in [1.54, 1.807) is 0 Å². The Kier molecular flexibility index (Phi) is 3.20. The second-order valence-corrected chi connectivity index (χ2v) is 2.42. The van der Waals surface area contributed by atoms with Crippen LogP contribution >= 0.6 is 0 Å². The summed E-state index contributed by atoms with van der Waals surface area (Å²) in [7, 11) is 1.90. The molecule has 1 N–H and O–H groups in total. The number of anilines is 1. The first kappa shape index (κ1) is 8.65. The van der Waals surface area contributed by atoms with E-state index in [2.05, 4.69) is 11.9 Å². The molecule has 1 aromatic rings. The fraction of sp³-hybridized carbons (Fsp3) is 0.200. The Labute approximate surface area is 72.9 Å². The fourth-order valence-electron chi connectivity index (χ4n) is 0.923. The van der Waals surface area contributed by atoms with Crippen molar-refractivity contribution >= 4 is 5.69 Å². The van der Waals surface area contributed by atoms with Crippen LogP contribution in [0.1, 0.15) is 5.56 Å². The van der Waals surface area contributed by atoms with Crippen molar-refractivity contribution in [1.82, 2.24) is 0 Å². The molecule has 0 spiro atoms. The first-order chi connectivity index (χ1) is 5.86. The van der Waals surface area contributed by atoms with Gasteiger partial charge in [-0.15, -0.1) is 0 Å². The Hall–Kier alpha value is -1.44. The van der Waals surface area contributed by atoms with Crippen LogP contribution in [-0.2, 0) is 11.3 Å². The van der Waals surface area contributed by atoms with Gasteiger partial charge in [-0.1, -0.05) is 18.7 Å². The lowest BCUT2D eigenvalue weighted by molar-refractivity contribution is 0.238. The largest absolute Gasteiger partial charge is 0.497 e. The second kappa shape index (κ2) is 4.44. The topological polar surface area (TPSA) is 21.3 Å². The van der Waals surface area contributed by atoms with Crippen LogP contribution < -0.4 is 5.32 Å². The third-order valence-electron chi connectivity index (χ3n) is 1.61. The lowest BCUT2D eigenvalue weighted by Crippen LogP contribution is -1.89. The van der Waals surface area contributed by atoms with E-state index in [1.807, 2.05) is 31.3 Å². The quantitative estimate of drug-likeness (QED) is 0.688. The average molecular weight is 163 g/mol. The summed E-state index contributed by atoms with van der Waals surface area (Å²) in [6, 6.07) is 8.08. The summed E-state index contributed by atoms with van der Waals surface area (Å²) >= 11 is 0. The smallest absolute Gasteiger partial charge is 0.112 e. The van der Waals surface area contributed by atoms with Crippen molar-refractivity contribution in [2.75, 3.05) is 12.4 Å². The minimum absolute atomic E-state index is 0.591. The third kappa shape index (κ3) is 2.31. The molecule has 0 aromatic heterocycles. The first-order valence-corrected chi connectivity index (χ1v) is 3.86. The fourth-order valence-corrected chi connectivity index (χ4v) is 0.923. The van der Waals surface area contributed by atoms with Gasteiger partial charge in [0.2, 0.25) is 0 Å². The van der Waals surface area contributed by atoms with Crippen LogP contribution in [0.25, 0.3) is 0 Å². The molecule has 0 bridgehead atoms. The summed E-state index contributed by atoms with van der Waals surface area (Å²) in [6.45, 7) is 4.07. The molecule has 0 aliphatic carbocycles. The molecule has 0 saturated carbocycles. The molecule has 0 amide bonds. The van der Waals surface area contributed by atoms with E-state index >= 15 is 0 Å². The summed E-state index contributed by atoms with van der Waals surface area (Å²) in [5.41, 5.74) is 2.26. The summed E-state index contributed by atoms with van der Waals surface area (Å²) in [5.74, 6) is 0. The maximum atomic E-state index is 5.04. The molecule has 0 aliphatic heterocycles. The van der Waals surface area contributed by atoms with E-state index in [0.717, 1.165) is 11.3 Å². The first-order valence-electron chi connectivity index (χ1n) is 3.86. The normalized spacial score (nSPS) is 9.08. The van der Waals surface area contributed by atoms with Crippen LogP contribution in [0.2, 0.25) is 0 Å². The minimum atomic E-state index is 0.591. The zero-order chi connectivity index (χ0) is 8.81. The van der Waals surface area contributed by atoms with Crippen molar-refractivity contribution in [2.24, 2.45) is 0 Å². The molecular formula is C10H13NO. The van der Waals surface area contributed by atoms with Crippen molar-refractivity contribution in [3.8, 4) is 0 Å². The number of hydrogen-bond donors (Lipinski definition) is 1. The van der Waals surface area contributed by atoms with E-state index in [-0.39, 0.29) is 0 Å². The Bertz CT molecular complexity index is 241. The highest BCUT2D eigenvalue weighted by atomic mass is 16.5. The highest BCUT2D eigenvalue weighted by Crippen LogP contribution is 2.09. The van der Waals surface area contributed by atoms with Crippen LogP contribution in [0.15, 0.2) is 37.1 Å². The monoisotopic (exact) mass is 163 g/mol. The van der Waals surface area contributed by atoms with E-state index in [4.69, 9.17) is 4.74 Å². The van der Waals surface area contributed by atoms with E-state index in [9.17, 15) is 0 Å². The second-order valence-electron chi connectivity index (χ2n) is 2.42. The molecule has 64 valence electrons. The molecule has 0 fully saturated rings. The van der Waals surface area contributed by atoms with Crippen LogP contribution in [0.4, 0.5) is 5.69 Å². The Morgan fingerprint density at radius 3 is 2.58 bits per heavy atom.